The molecule has 1 aliphatic rings. The van der Waals surface area contributed by atoms with Crippen LogP contribution in [0.2, 0.25) is 5.02 Å². The van der Waals surface area contributed by atoms with Crippen molar-refractivity contribution in [2.24, 2.45) is 0 Å². The van der Waals surface area contributed by atoms with Crippen LogP contribution in [0.4, 0.5) is 21.9 Å². The number of nitrogens with one attached hydrogen (secondary N) is 3. The molecule has 8 heteroatoms. The van der Waals surface area contributed by atoms with Gasteiger partial charge in [-0.3, -0.25) is 4.79 Å². The first kappa shape index (κ1) is 23.4. The fourth-order valence-corrected chi connectivity index (χ4v) is 4.12. The molecule has 3 amide bonds. The first-order valence-electron chi connectivity index (χ1n) is 11.2. The molecule has 3 N–H and O–H groups in total. The van der Waals surface area contributed by atoms with Crippen LogP contribution in [-0.4, -0.2) is 32.1 Å². The van der Waals surface area contributed by atoms with Gasteiger partial charge in [-0.2, -0.15) is 0 Å². The van der Waals surface area contributed by atoms with Crippen molar-refractivity contribution in [1.82, 2.24) is 5.32 Å². The third-order valence-corrected chi connectivity index (χ3v) is 5.86. The first-order chi connectivity index (χ1) is 16.5. The van der Waals surface area contributed by atoms with E-state index in [-0.39, 0.29) is 5.91 Å². The van der Waals surface area contributed by atoms with E-state index in [1.165, 1.54) is 0 Å². The van der Waals surface area contributed by atoms with Crippen molar-refractivity contribution < 1.29 is 14.3 Å². The molecule has 0 radical (unpaired) electrons. The van der Waals surface area contributed by atoms with Gasteiger partial charge >= 0.3 is 6.03 Å². The van der Waals surface area contributed by atoms with E-state index in [2.05, 4.69) is 20.9 Å². The van der Waals surface area contributed by atoms with Crippen LogP contribution < -0.4 is 25.6 Å². The molecule has 176 valence electrons. The molecule has 1 saturated heterocycles. The highest BCUT2D eigenvalue weighted by molar-refractivity contribution is 6.30. The molecule has 4 rings (SSSR count). The highest BCUT2D eigenvalue weighted by atomic mass is 35.5. The molecule has 0 aromatic heterocycles. The Hall–Kier alpha value is -3.71. The van der Waals surface area contributed by atoms with Gasteiger partial charge in [-0.1, -0.05) is 29.8 Å². The second-order valence-corrected chi connectivity index (χ2v) is 8.49. The molecular formula is C26H27ClN4O3. The largest absolute Gasteiger partial charge is 0.497 e. The molecule has 7 nitrogen and oxygen atoms in total. The number of anilines is 3. The number of carbonyl (C=O) groups excluding carboxylic acids is 2. The lowest BCUT2D eigenvalue weighted by Crippen LogP contribution is -2.26. The number of methoxy groups -OCH3 is 1. The Bertz CT molecular complexity index is 1180. The number of benzene rings is 3. The third-order valence-electron chi connectivity index (χ3n) is 5.62. The van der Waals surface area contributed by atoms with Crippen molar-refractivity contribution in [3.63, 3.8) is 0 Å². The average molecular weight is 479 g/mol. The summed E-state index contributed by atoms with van der Waals surface area (Å²) in [6.07, 6.45) is 2.19. The van der Waals surface area contributed by atoms with Crippen molar-refractivity contribution in [2.45, 2.75) is 19.4 Å². The van der Waals surface area contributed by atoms with Crippen LogP contribution >= 0.6 is 11.6 Å². The monoisotopic (exact) mass is 478 g/mol. The lowest BCUT2D eigenvalue weighted by atomic mass is 10.1. The van der Waals surface area contributed by atoms with E-state index < -0.39 is 6.03 Å². The van der Waals surface area contributed by atoms with Gasteiger partial charge in [0.2, 0.25) is 0 Å². The van der Waals surface area contributed by atoms with Crippen LogP contribution in [0.5, 0.6) is 5.75 Å². The summed E-state index contributed by atoms with van der Waals surface area (Å²) in [5.41, 5.74) is 3.45. The SMILES string of the molecule is COc1cccc(CNC(=O)c2ccc(N3CCCC3)c(NC(=O)Nc3cccc(Cl)c3)c2)c1. The van der Waals surface area contributed by atoms with Gasteiger partial charge < -0.3 is 25.6 Å². The number of urea groups is 1. The molecule has 3 aromatic rings. The molecule has 1 fully saturated rings. The van der Waals surface area contributed by atoms with Crippen LogP contribution in [0.1, 0.15) is 28.8 Å². The fraction of sp³-hybridized carbons (Fsp3) is 0.231. The maximum Gasteiger partial charge on any atom is 0.323 e. The van der Waals surface area contributed by atoms with Crippen LogP contribution in [0.25, 0.3) is 0 Å². The van der Waals surface area contributed by atoms with Crippen LogP contribution in [0.15, 0.2) is 66.7 Å². The smallest absolute Gasteiger partial charge is 0.323 e. The van der Waals surface area contributed by atoms with E-state index in [1.807, 2.05) is 30.3 Å². The van der Waals surface area contributed by atoms with Crippen LogP contribution in [0.3, 0.4) is 0 Å². The minimum Gasteiger partial charge on any atom is -0.497 e. The lowest BCUT2D eigenvalue weighted by molar-refractivity contribution is 0.0951. The number of nitrogens with zero attached hydrogens (tertiary/aromatic N) is 1. The summed E-state index contributed by atoms with van der Waals surface area (Å²) in [5, 5.41) is 9.16. The Morgan fingerprint density at radius 2 is 1.76 bits per heavy atom. The zero-order valence-electron chi connectivity index (χ0n) is 18.9. The molecule has 34 heavy (non-hydrogen) atoms. The fourth-order valence-electron chi connectivity index (χ4n) is 3.93. The Balaban J connectivity index is 1.50. The molecule has 0 spiro atoms. The van der Waals surface area contributed by atoms with Crippen molar-refractivity contribution in [2.75, 3.05) is 35.7 Å². The minimum atomic E-state index is -0.406. The Kier molecular flexibility index (Phi) is 7.54. The van der Waals surface area contributed by atoms with Gasteiger partial charge in [0.05, 0.1) is 18.5 Å². The van der Waals surface area contributed by atoms with E-state index in [0.717, 1.165) is 42.9 Å². The summed E-state index contributed by atoms with van der Waals surface area (Å²) in [4.78, 5) is 27.8. The third kappa shape index (κ3) is 5.99. The van der Waals surface area contributed by atoms with E-state index >= 15 is 0 Å². The van der Waals surface area contributed by atoms with Crippen LogP contribution in [0, 0.1) is 0 Å². The molecule has 0 saturated carbocycles. The number of hydrogen-bond donors (Lipinski definition) is 3. The van der Waals surface area contributed by atoms with E-state index in [9.17, 15) is 9.59 Å². The molecular weight excluding hydrogens is 452 g/mol. The lowest BCUT2D eigenvalue weighted by Gasteiger charge is -2.22. The van der Waals surface area contributed by atoms with E-state index in [4.69, 9.17) is 16.3 Å². The molecule has 1 aliphatic heterocycles. The number of hydrogen-bond acceptors (Lipinski definition) is 4. The van der Waals surface area contributed by atoms with Gasteiger partial charge in [0.1, 0.15) is 5.75 Å². The zero-order chi connectivity index (χ0) is 23.9. The van der Waals surface area contributed by atoms with E-state index in [1.54, 1.807) is 43.5 Å². The van der Waals surface area contributed by atoms with Gasteiger partial charge in [-0.25, -0.2) is 4.79 Å². The number of rotatable bonds is 7. The predicted octanol–water partition coefficient (Wildman–Crippen LogP) is 5.52. The summed E-state index contributed by atoms with van der Waals surface area (Å²) in [7, 11) is 1.61. The summed E-state index contributed by atoms with van der Waals surface area (Å²) < 4.78 is 5.24. The first-order valence-corrected chi connectivity index (χ1v) is 11.5. The Labute approximate surface area is 204 Å². The van der Waals surface area contributed by atoms with Crippen molar-refractivity contribution in [3.05, 3.63) is 82.9 Å². The molecule has 0 bridgehead atoms. The van der Waals surface area contributed by atoms with Crippen molar-refractivity contribution in [1.29, 1.82) is 0 Å². The molecule has 0 aliphatic carbocycles. The number of carbonyl (C=O) groups is 2. The number of ether oxygens (including phenoxy) is 1. The Morgan fingerprint density at radius 3 is 2.53 bits per heavy atom. The van der Waals surface area contributed by atoms with Crippen LogP contribution in [-0.2, 0) is 6.54 Å². The van der Waals surface area contributed by atoms with Crippen molar-refractivity contribution in [3.8, 4) is 5.75 Å². The quantitative estimate of drug-likeness (QED) is 0.417. The zero-order valence-corrected chi connectivity index (χ0v) is 19.7. The van der Waals surface area contributed by atoms with Gasteiger partial charge in [0, 0.05) is 35.9 Å². The summed E-state index contributed by atoms with van der Waals surface area (Å²) in [6.45, 7) is 2.18. The summed E-state index contributed by atoms with van der Waals surface area (Å²) in [5.74, 6) is 0.507. The van der Waals surface area contributed by atoms with Gasteiger partial charge in [0.25, 0.3) is 5.91 Å². The van der Waals surface area contributed by atoms with Gasteiger partial charge in [-0.15, -0.1) is 0 Å². The maximum atomic E-state index is 12.9. The molecule has 0 unspecified atom stereocenters. The molecule has 3 aromatic carbocycles. The molecule has 1 heterocycles. The minimum absolute atomic E-state index is 0.228. The second-order valence-electron chi connectivity index (χ2n) is 8.05. The number of amides is 3. The van der Waals surface area contributed by atoms with Gasteiger partial charge in [0.15, 0.2) is 0 Å². The standard InChI is InChI=1S/C26H27ClN4O3/c1-34-22-9-4-6-18(14-22)17-28-25(32)19-10-11-24(31-12-2-3-13-31)23(15-19)30-26(33)29-21-8-5-7-20(27)16-21/h4-11,14-16H,2-3,12-13,17H2,1H3,(H,28,32)(H2,29,30,33). The number of halogens is 1. The second kappa shape index (κ2) is 10.9. The van der Waals surface area contributed by atoms with E-state index in [0.29, 0.717) is 28.5 Å². The highest BCUT2D eigenvalue weighted by Gasteiger charge is 2.19. The highest BCUT2D eigenvalue weighted by Crippen LogP contribution is 2.30. The maximum absolute atomic E-state index is 12.9. The topological polar surface area (TPSA) is 82.7 Å². The predicted molar refractivity (Wildman–Crippen MR) is 136 cm³/mol. The molecule has 0 atom stereocenters. The van der Waals surface area contributed by atoms with Gasteiger partial charge in [-0.05, 0) is 66.9 Å². The average Bonchev–Trinajstić information content (AvgIpc) is 3.37. The normalized spacial score (nSPS) is 12.8. The van der Waals surface area contributed by atoms with Crippen molar-refractivity contribution >= 4 is 40.6 Å². The summed E-state index contributed by atoms with van der Waals surface area (Å²) >= 11 is 6.02. The Morgan fingerprint density at radius 1 is 0.971 bits per heavy atom. The summed E-state index contributed by atoms with van der Waals surface area (Å²) in [6, 6.07) is 19.5.